The Labute approximate surface area is 190 Å². The largest absolute Gasteiger partial charge is 0.494 e. The molecule has 2 heterocycles. The maximum absolute atomic E-state index is 13.3. The minimum absolute atomic E-state index is 0.115. The van der Waals surface area contributed by atoms with Gasteiger partial charge in [0.15, 0.2) is 5.13 Å². The number of halogens is 1. The number of carbonyl (C=O) groups excluding carboxylic acids is 1. The van der Waals surface area contributed by atoms with Crippen molar-refractivity contribution in [3.05, 3.63) is 45.1 Å². The number of thiazole rings is 1. The Balaban J connectivity index is 1.97. The van der Waals surface area contributed by atoms with Crippen LogP contribution >= 0.6 is 22.9 Å². The molecule has 0 saturated carbocycles. The minimum Gasteiger partial charge on any atom is -0.494 e. The first-order valence-electron chi connectivity index (χ1n) is 9.83. The zero-order valence-electron chi connectivity index (χ0n) is 18.3. The Bertz CT molecular complexity index is 1160. The second kappa shape index (κ2) is 9.76. The summed E-state index contributed by atoms with van der Waals surface area (Å²) < 4.78 is 7.50. The van der Waals surface area contributed by atoms with Gasteiger partial charge in [-0.2, -0.15) is 0 Å². The van der Waals surface area contributed by atoms with E-state index in [1.807, 2.05) is 14.1 Å². The molecule has 0 unspecified atom stereocenters. The minimum atomic E-state index is -0.236. The third kappa shape index (κ3) is 5.06. The van der Waals surface area contributed by atoms with E-state index in [1.54, 1.807) is 38.0 Å². The zero-order valence-corrected chi connectivity index (χ0v) is 19.9. The van der Waals surface area contributed by atoms with E-state index in [1.165, 1.54) is 22.2 Å². The number of hydrogen-bond donors (Lipinski definition) is 0. The van der Waals surface area contributed by atoms with Gasteiger partial charge >= 0.3 is 0 Å². The molecule has 0 aliphatic carbocycles. The van der Waals surface area contributed by atoms with E-state index in [4.69, 9.17) is 16.3 Å². The summed E-state index contributed by atoms with van der Waals surface area (Å²) in [4.78, 5) is 38.4. The molecule has 0 fully saturated rings. The molecule has 3 aromatic rings. The van der Waals surface area contributed by atoms with E-state index < -0.39 is 0 Å². The summed E-state index contributed by atoms with van der Waals surface area (Å²) in [7, 11) is 5.53. The quantitative estimate of drug-likeness (QED) is 0.510. The maximum atomic E-state index is 13.3. The summed E-state index contributed by atoms with van der Waals surface area (Å²) in [5.41, 5.74) is 1.59. The van der Waals surface area contributed by atoms with Crippen LogP contribution in [-0.2, 0) is 11.3 Å². The van der Waals surface area contributed by atoms with Crippen molar-refractivity contribution in [2.45, 2.75) is 26.8 Å². The monoisotopic (exact) mass is 463 g/mol. The van der Waals surface area contributed by atoms with E-state index in [0.717, 1.165) is 17.7 Å². The van der Waals surface area contributed by atoms with Gasteiger partial charge in [0.1, 0.15) is 17.8 Å². The standard InChI is InChI=1S/C21H26ClN5O3S/c1-13-14(2)23-12-26(20(13)29)11-17(28)27(10-6-9-25(3)4)21-24-18-16(30-5)8-7-15(22)19(18)31-21/h7-8,12H,6,9-11H2,1-5H3. The number of rotatable bonds is 8. The van der Waals surface area contributed by atoms with Crippen molar-refractivity contribution in [2.75, 3.05) is 39.2 Å². The van der Waals surface area contributed by atoms with Gasteiger partial charge in [-0.25, -0.2) is 9.97 Å². The number of methoxy groups -OCH3 is 1. The van der Waals surface area contributed by atoms with E-state index >= 15 is 0 Å². The number of aromatic nitrogens is 3. The molecule has 0 N–H and O–H groups in total. The molecule has 1 aromatic carbocycles. The first kappa shape index (κ1) is 23.2. The van der Waals surface area contributed by atoms with Gasteiger partial charge in [0, 0.05) is 17.8 Å². The predicted molar refractivity (Wildman–Crippen MR) is 125 cm³/mol. The number of ether oxygens (including phenoxy) is 1. The van der Waals surface area contributed by atoms with E-state index in [0.29, 0.717) is 39.2 Å². The highest BCUT2D eigenvalue weighted by Crippen LogP contribution is 2.38. The van der Waals surface area contributed by atoms with Gasteiger partial charge in [0.2, 0.25) is 5.91 Å². The number of nitrogens with zero attached hydrogens (tertiary/aromatic N) is 5. The molecule has 0 aliphatic rings. The van der Waals surface area contributed by atoms with Gasteiger partial charge < -0.3 is 9.64 Å². The highest BCUT2D eigenvalue weighted by molar-refractivity contribution is 7.23. The highest BCUT2D eigenvalue weighted by atomic mass is 35.5. The molecule has 0 atom stereocenters. The van der Waals surface area contributed by atoms with Crippen molar-refractivity contribution < 1.29 is 9.53 Å². The summed E-state index contributed by atoms with van der Waals surface area (Å²) in [6, 6.07) is 3.51. The molecule has 8 nitrogen and oxygen atoms in total. The van der Waals surface area contributed by atoms with Crippen LogP contribution in [0.5, 0.6) is 5.75 Å². The van der Waals surface area contributed by atoms with Crippen LogP contribution in [0.1, 0.15) is 17.7 Å². The lowest BCUT2D eigenvalue weighted by molar-refractivity contribution is -0.119. The van der Waals surface area contributed by atoms with Crippen molar-refractivity contribution in [1.82, 2.24) is 19.4 Å². The smallest absolute Gasteiger partial charge is 0.256 e. The third-order valence-corrected chi connectivity index (χ3v) is 6.55. The van der Waals surface area contributed by atoms with Gasteiger partial charge in [-0.15, -0.1) is 0 Å². The molecule has 31 heavy (non-hydrogen) atoms. The van der Waals surface area contributed by atoms with Gasteiger partial charge in [0.05, 0.1) is 23.2 Å². The molecule has 0 saturated heterocycles. The SMILES string of the molecule is COc1ccc(Cl)c2sc(N(CCCN(C)C)C(=O)Cn3cnc(C)c(C)c3=O)nc12. The Hall–Kier alpha value is -2.49. The fourth-order valence-corrected chi connectivity index (χ4v) is 4.41. The first-order chi connectivity index (χ1) is 14.7. The number of anilines is 1. The molecular weight excluding hydrogens is 438 g/mol. The Morgan fingerprint density at radius 2 is 2.00 bits per heavy atom. The molecule has 3 rings (SSSR count). The molecule has 2 aromatic heterocycles. The van der Waals surface area contributed by atoms with Crippen molar-refractivity contribution in [1.29, 1.82) is 0 Å². The van der Waals surface area contributed by atoms with Crippen molar-refractivity contribution in [3.63, 3.8) is 0 Å². The van der Waals surface area contributed by atoms with Gasteiger partial charge in [0.25, 0.3) is 5.56 Å². The van der Waals surface area contributed by atoms with Crippen LogP contribution in [0.15, 0.2) is 23.3 Å². The summed E-state index contributed by atoms with van der Waals surface area (Å²) in [5.74, 6) is 0.359. The lowest BCUT2D eigenvalue weighted by Crippen LogP contribution is -2.38. The highest BCUT2D eigenvalue weighted by Gasteiger charge is 2.23. The number of hydrogen-bond acceptors (Lipinski definition) is 7. The van der Waals surface area contributed by atoms with Crippen molar-refractivity contribution >= 4 is 44.2 Å². The topological polar surface area (TPSA) is 80.6 Å². The number of carbonyl (C=O) groups is 1. The number of fused-ring (bicyclic) bond motifs is 1. The second-order valence-corrected chi connectivity index (χ2v) is 8.90. The van der Waals surface area contributed by atoms with Crippen molar-refractivity contribution in [3.8, 4) is 5.75 Å². The molecule has 1 amide bonds. The van der Waals surface area contributed by atoms with Crippen LogP contribution in [0.2, 0.25) is 5.02 Å². The Morgan fingerprint density at radius 1 is 1.26 bits per heavy atom. The fraction of sp³-hybridized carbons (Fsp3) is 0.429. The summed E-state index contributed by atoms with van der Waals surface area (Å²) >= 11 is 7.70. The zero-order chi connectivity index (χ0) is 22.7. The van der Waals surface area contributed by atoms with E-state index in [9.17, 15) is 9.59 Å². The van der Waals surface area contributed by atoms with Crippen LogP contribution in [0, 0.1) is 13.8 Å². The van der Waals surface area contributed by atoms with Gasteiger partial charge in [-0.3, -0.25) is 19.1 Å². The van der Waals surface area contributed by atoms with Crippen molar-refractivity contribution in [2.24, 2.45) is 0 Å². The Morgan fingerprint density at radius 3 is 2.68 bits per heavy atom. The van der Waals surface area contributed by atoms with Crippen LogP contribution in [0.4, 0.5) is 5.13 Å². The molecule has 0 aliphatic heterocycles. The van der Waals surface area contributed by atoms with Crippen LogP contribution < -0.4 is 15.2 Å². The Kier molecular flexibility index (Phi) is 7.30. The number of aryl methyl sites for hydroxylation is 1. The van der Waals surface area contributed by atoms with Gasteiger partial charge in [-0.05, 0) is 53.0 Å². The molecule has 10 heteroatoms. The summed E-state index contributed by atoms with van der Waals surface area (Å²) in [6.45, 7) is 4.64. The number of benzene rings is 1. The van der Waals surface area contributed by atoms with Crippen LogP contribution in [0.3, 0.4) is 0 Å². The molecule has 0 bridgehead atoms. The normalized spacial score (nSPS) is 11.3. The third-order valence-electron chi connectivity index (χ3n) is 5.01. The molecule has 166 valence electrons. The van der Waals surface area contributed by atoms with E-state index in [-0.39, 0.29) is 18.0 Å². The summed E-state index contributed by atoms with van der Waals surface area (Å²) in [5, 5.41) is 1.07. The number of amides is 1. The van der Waals surface area contributed by atoms with E-state index in [2.05, 4.69) is 14.9 Å². The summed E-state index contributed by atoms with van der Waals surface area (Å²) in [6.07, 6.45) is 2.17. The average Bonchev–Trinajstić information content (AvgIpc) is 3.17. The van der Waals surface area contributed by atoms with Crippen LogP contribution in [-0.4, -0.2) is 59.6 Å². The first-order valence-corrected chi connectivity index (χ1v) is 11.0. The molecule has 0 radical (unpaired) electrons. The van der Waals surface area contributed by atoms with Crippen LogP contribution in [0.25, 0.3) is 10.2 Å². The lowest BCUT2D eigenvalue weighted by Gasteiger charge is -2.21. The predicted octanol–water partition coefficient (Wildman–Crippen LogP) is 3.12. The lowest BCUT2D eigenvalue weighted by atomic mass is 10.3. The molecular formula is C21H26ClN5O3S. The second-order valence-electron chi connectivity index (χ2n) is 7.51. The molecule has 0 spiro atoms. The maximum Gasteiger partial charge on any atom is 0.256 e. The average molecular weight is 464 g/mol. The van der Waals surface area contributed by atoms with Gasteiger partial charge in [-0.1, -0.05) is 22.9 Å². The fourth-order valence-electron chi connectivity index (χ4n) is 3.11.